The van der Waals surface area contributed by atoms with Crippen molar-refractivity contribution >= 4 is 11.6 Å². The first kappa shape index (κ1) is 15.2. The molecule has 0 bridgehead atoms. The average molecular weight is 308 g/mol. The third-order valence-electron chi connectivity index (χ3n) is 3.91. The van der Waals surface area contributed by atoms with Gasteiger partial charge in [0.15, 0.2) is 11.5 Å². The summed E-state index contributed by atoms with van der Waals surface area (Å²) < 4.78 is 16.2. The third kappa shape index (κ3) is 3.24. The van der Waals surface area contributed by atoms with E-state index in [0.29, 0.717) is 6.79 Å². The maximum Gasteiger partial charge on any atom is 0.231 e. The van der Waals surface area contributed by atoms with Gasteiger partial charge in [-0.25, -0.2) is 0 Å². The Kier molecular flexibility index (Phi) is 4.38. The number of ether oxygens (including phenoxy) is 3. The van der Waals surface area contributed by atoms with Crippen LogP contribution in [0.5, 0.6) is 17.2 Å². The van der Waals surface area contributed by atoms with E-state index in [1.165, 1.54) is 5.56 Å². The number of hydrogen-bond donors (Lipinski definition) is 0. The van der Waals surface area contributed by atoms with Gasteiger partial charge in [0.1, 0.15) is 5.75 Å². The molecular formula is C20H20O3. The molecule has 2 aromatic rings. The van der Waals surface area contributed by atoms with Crippen LogP contribution in [0, 0.1) is 0 Å². The van der Waals surface area contributed by atoms with Gasteiger partial charge in [-0.05, 0) is 46.9 Å². The molecule has 0 N–H and O–H groups in total. The lowest BCUT2D eigenvalue weighted by Gasteiger charge is -2.09. The van der Waals surface area contributed by atoms with Gasteiger partial charge in [-0.1, -0.05) is 43.9 Å². The van der Waals surface area contributed by atoms with Crippen molar-refractivity contribution < 1.29 is 14.2 Å². The molecule has 0 amide bonds. The van der Waals surface area contributed by atoms with Crippen molar-refractivity contribution in [2.45, 2.75) is 13.3 Å². The summed E-state index contributed by atoms with van der Waals surface area (Å²) in [6, 6.07) is 12.1. The van der Waals surface area contributed by atoms with Gasteiger partial charge in [-0.3, -0.25) is 0 Å². The Balaban J connectivity index is 1.78. The minimum Gasteiger partial charge on any atom is -0.496 e. The lowest BCUT2D eigenvalue weighted by molar-refractivity contribution is 0.174. The molecule has 1 aliphatic rings. The van der Waals surface area contributed by atoms with Crippen molar-refractivity contribution in [1.29, 1.82) is 0 Å². The minimum atomic E-state index is 0.290. The Morgan fingerprint density at radius 2 is 2.00 bits per heavy atom. The van der Waals surface area contributed by atoms with Crippen LogP contribution in [0.4, 0.5) is 0 Å². The number of allylic oxidation sites excluding steroid dienone is 2. The largest absolute Gasteiger partial charge is 0.496 e. The molecular weight excluding hydrogens is 288 g/mol. The van der Waals surface area contributed by atoms with Crippen molar-refractivity contribution in [3.05, 3.63) is 65.7 Å². The van der Waals surface area contributed by atoms with Crippen LogP contribution in [0.2, 0.25) is 0 Å². The third-order valence-corrected chi connectivity index (χ3v) is 3.91. The quantitative estimate of drug-likeness (QED) is 0.748. The zero-order valence-corrected chi connectivity index (χ0v) is 13.5. The second-order valence-electron chi connectivity index (χ2n) is 5.35. The van der Waals surface area contributed by atoms with Gasteiger partial charge in [0, 0.05) is 0 Å². The van der Waals surface area contributed by atoms with Crippen LogP contribution in [-0.4, -0.2) is 13.9 Å². The lowest BCUT2D eigenvalue weighted by Crippen LogP contribution is -1.92. The molecule has 0 saturated carbocycles. The maximum absolute atomic E-state index is 5.44. The van der Waals surface area contributed by atoms with Crippen molar-refractivity contribution in [3.8, 4) is 17.2 Å². The zero-order chi connectivity index (χ0) is 16.2. The number of rotatable bonds is 5. The molecule has 23 heavy (non-hydrogen) atoms. The molecule has 0 unspecified atom stereocenters. The van der Waals surface area contributed by atoms with Gasteiger partial charge in [-0.15, -0.1) is 0 Å². The van der Waals surface area contributed by atoms with Crippen LogP contribution in [0.1, 0.15) is 23.6 Å². The molecule has 118 valence electrons. The summed E-state index contributed by atoms with van der Waals surface area (Å²) in [5, 5.41) is 0. The van der Waals surface area contributed by atoms with E-state index < -0.39 is 0 Å². The maximum atomic E-state index is 5.44. The normalized spacial score (nSPS) is 12.6. The fourth-order valence-corrected chi connectivity index (χ4v) is 2.55. The topological polar surface area (TPSA) is 27.7 Å². The van der Waals surface area contributed by atoms with E-state index in [1.807, 2.05) is 36.4 Å². The van der Waals surface area contributed by atoms with Crippen molar-refractivity contribution in [2.75, 3.05) is 13.9 Å². The summed E-state index contributed by atoms with van der Waals surface area (Å²) in [6.45, 7) is 6.55. The molecule has 1 aliphatic heterocycles. The monoisotopic (exact) mass is 308 g/mol. The first-order chi connectivity index (χ1) is 11.2. The van der Waals surface area contributed by atoms with E-state index in [9.17, 15) is 0 Å². The molecule has 3 rings (SSSR count). The number of fused-ring (bicyclic) bond motifs is 1. The minimum absolute atomic E-state index is 0.290. The van der Waals surface area contributed by atoms with E-state index in [4.69, 9.17) is 14.2 Å². The second kappa shape index (κ2) is 6.61. The number of benzene rings is 2. The van der Waals surface area contributed by atoms with Gasteiger partial charge >= 0.3 is 0 Å². The number of methoxy groups -OCH3 is 1. The first-order valence-corrected chi connectivity index (χ1v) is 7.65. The van der Waals surface area contributed by atoms with E-state index in [1.54, 1.807) is 7.11 Å². The van der Waals surface area contributed by atoms with Crippen LogP contribution < -0.4 is 14.2 Å². The van der Waals surface area contributed by atoms with E-state index in [-0.39, 0.29) is 0 Å². The van der Waals surface area contributed by atoms with Crippen LogP contribution in [0.15, 0.2) is 49.1 Å². The standard InChI is InChI=1S/C20H20O3/c1-4-16-8-9-17(12-19(16)21-3)14(2)5-6-15-7-10-18-20(11-15)23-13-22-18/h5-12H,2,4,13H2,1,3H3/b6-5+. The SMILES string of the molecule is C=C(/C=C/c1ccc2c(c1)OCO2)c1ccc(CC)c(OC)c1. The van der Waals surface area contributed by atoms with Crippen molar-refractivity contribution in [3.63, 3.8) is 0 Å². The molecule has 3 nitrogen and oxygen atoms in total. The highest BCUT2D eigenvalue weighted by atomic mass is 16.7. The zero-order valence-electron chi connectivity index (χ0n) is 13.5. The highest BCUT2D eigenvalue weighted by Gasteiger charge is 2.12. The molecule has 0 aromatic heterocycles. The summed E-state index contributed by atoms with van der Waals surface area (Å²) in [7, 11) is 1.70. The molecule has 0 aliphatic carbocycles. The summed E-state index contributed by atoms with van der Waals surface area (Å²) in [4.78, 5) is 0. The number of hydrogen-bond acceptors (Lipinski definition) is 3. The smallest absolute Gasteiger partial charge is 0.231 e. The van der Waals surface area contributed by atoms with Crippen LogP contribution in [-0.2, 0) is 6.42 Å². The van der Waals surface area contributed by atoms with Gasteiger partial charge in [0.25, 0.3) is 0 Å². The molecule has 0 fully saturated rings. The van der Waals surface area contributed by atoms with E-state index in [0.717, 1.165) is 40.4 Å². The lowest BCUT2D eigenvalue weighted by atomic mass is 10.0. The van der Waals surface area contributed by atoms with Gasteiger partial charge < -0.3 is 14.2 Å². The Labute approximate surface area is 136 Å². The van der Waals surface area contributed by atoms with Gasteiger partial charge in [-0.2, -0.15) is 0 Å². The molecule has 2 aromatic carbocycles. The second-order valence-corrected chi connectivity index (χ2v) is 5.35. The fraction of sp³-hybridized carbons (Fsp3) is 0.200. The van der Waals surface area contributed by atoms with Gasteiger partial charge in [0.05, 0.1) is 7.11 Å². The molecule has 0 atom stereocenters. The molecule has 0 radical (unpaired) electrons. The molecule has 0 saturated heterocycles. The van der Waals surface area contributed by atoms with E-state index in [2.05, 4.69) is 25.6 Å². The van der Waals surface area contributed by atoms with E-state index >= 15 is 0 Å². The molecule has 1 heterocycles. The summed E-state index contributed by atoms with van der Waals surface area (Å²) in [5.41, 5.74) is 4.23. The predicted molar refractivity (Wildman–Crippen MR) is 93.0 cm³/mol. The van der Waals surface area contributed by atoms with Crippen LogP contribution in [0.3, 0.4) is 0 Å². The Morgan fingerprint density at radius 3 is 2.78 bits per heavy atom. The fourth-order valence-electron chi connectivity index (χ4n) is 2.55. The van der Waals surface area contributed by atoms with Gasteiger partial charge in [0.2, 0.25) is 6.79 Å². The molecule has 3 heteroatoms. The average Bonchev–Trinajstić information content (AvgIpc) is 3.06. The Bertz CT molecular complexity index is 759. The van der Waals surface area contributed by atoms with Crippen LogP contribution >= 0.6 is 0 Å². The summed E-state index contributed by atoms with van der Waals surface area (Å²) in [6.07, 6.45) is 4.96. The van der Waals surface area contributed by atoms with Crippen LogP contribution in [0.25, 0.3) is 11.6 Å². The number of aryl methyl sites for hydroxylation is 1. The summed E-state index contributed by atoms with van der Waals surface area (Å²) in [5.74, 6) is 2.48. The summed E-state index contributed by atoms with van der Waals surface area (Å²) >= 11 is 0. The Hall–Kier alpha value is -2.68. The highest BCUT2D eigenvalue weighted by Crippen LogP contribution is 2.33. The molecule has 0 spiro atoms. The first-order valence-electron chi connectivity index (χ1n) is 7.65. The van der Waals surface area contributed by atoms with Crippen molar-refractivity contribution in [2.24, 2.45) is 0 Å². The van der Waals surface area contributed by atoms with Crippen molar-refractivity contribution in [1.82, 2.24) is 0 Å². The predicted octanol–water partition coefficient (Wildman–Crippen LogP) is 4.71. The Morgan fingerprint density at radius 1 is 1.17 bits per heavy atom. The highest BCUT2D eigenvalue weighted by molar-refractivity contribution is 5.78.